The van der Waals surface area contributed by atoms with Gasteiger partial charge in [0.1, 0.15) is 11.3 Å². The van der Waals surface area contributed by atoms with Gasteiger partial charge in [-0.15, -0.1) is 0 Å². The van der Waals surface area contributed by atoms with Crippen molar-refractivity contribution in [2.75, 3.05) is 5.32 Å². The molecule has 1 amide bonds. The third-order valence-electron chi connectivity index (χ3n) is 2.89. The van der Waals surface area contributed by atoms with Gasteiger partial charge in [0.25, 0.3) is 0 Å². The number of benzene rings is 1. The van der Waals surface area contributed by atoms with Gasteiger partial charge in [-0.2, -0.15) is 0 Å². The smallest absolute Gasteiger partial charge is 0.225 e. The van der Waals surface area contributed by atoms with Crippen LogP contribution in [-0.4, -0.2) is 15.9 Å². The van der Waals surface area contributed by atoms with Crippen molar-refractivity contribution in [3.05, 3.63) is 51.9 Å². The molecule has 2 rings (SSSR count). The summed E-state index contributed by atoms with van der Waals surface area (Å²) in [5.74, 6) is 0.0753. The largest absolute Gasteiger partial charge is 0.309 e. The molecule has 2 aromatic rings. The van der Waals surface area contributed by atoms with Gasteiger partial charge in [-0.3, -0.25) is 4.79 Å². The average Bonchev–Trinajstić information content (AvgIpc) is 2.43. The molecule has 0 fully saturated rings. The van der Waals surface area contributed by atoms with Crippen molar-refractivity contribution >= 4 is 34.9 Å². The monoisotopic (exact) mass is 309 g/mol. The van der Waals surface area contributed by atoms with Gasteiger partial charge < -0.3 is 5.32 Å². The highest BCUT2D eigenvalue weighted by Crippen LogP contribution is 2.25. The minimum absolute atomic E-state index is 0.121. The summed E-state index contributed by atoms with van der Waals surface area (Å²) in [6.45, 7) is 2.02. The Balaban J connectivity index is 1.96. The van der Waals surface area contributed by atoms with Gasteiger partial charge >= 0.3 is 0 Å². The second kappa shape index (κ2) is 6.68. The van der Waals surface area contributed by atoms with Crippen LogP contribution in [0.5, 0.6) is 0 Å². The first kappa shape index (κ1) is 14.8. The number of carbonyl (C=O) groups is 1. The Bertz CT molecular complexity index is 632. The van der Waals surface area contributed by atoms with Gasteiger partial charge in [-0.05, 0) is 24.5 Å². The highest BCUT2D eigenvalue weighted by molar-refractivity contribution is 6.42. The fraction of sp³-hybridized carbons (Fsp3) is 0.214. The molecule has 1 aromatic carbocycles. The number of aromatic nitrogens is 2. The lowest BCUT2D eigenvalue weighted by molar-refractivity contribution is -0.116. The summed E-state index contributed by atoms with van der Waals surface area (Å²) < 4.78 is 0. The number of halogens is 2. The summed E-state index contributed by atoms with van der Waals surface area (Å²) in [6.07, 6.45) is 2.27. The molecule has 0 aliphatic carbocycles. The first-order valence-electron chi connectivity index (χ1n) is 6.08. The van der Waals surface area contributed by atoms with Crippen LogP contribution in [0.25, 0.3) is 0 Å². The molecule has 1 N–H and O–H groups in total. The van der Waals surface area contributed by atoms with Crippen LogP contribution in [0.4, 0.5) is 5.82 Å². The van der Waals surface area contributed by atoms with Crippen LogP contribution in [-0.2, 0) is 11.2 Å². The molecule has 0 unspecified atom stereocenters. The molecule has 0 aliphatic rings. The maximum Gasteiger partial charge on any atom is 0.225 e. The van der Waals surface area contributed by atoms with Crippen LogP contribution in [0.15, 0.2) is 30.6 Å². The van der Waals surface area contributed by atoms with E-state index in [0.29, 0.717) is 12.8 Å². The third kappa shape index (κ3) is 3.68. The van der Waals surface area contributed by atoms with E-state index in [-0.39, 0.29) is 21.9 Å². The van der Waals surface area contributed by atoms with E-state index >= 15 is 0 Å². The van der Waals surface area contributed by atoms with Crippen molar-refractivity contribution in [3.8, 4) is 0 Å². The second-order valence-corrected chi connectivity index (χ2v) is 5.04. The lowest BCUT2D eigenvalue weighted by Gasteiger charge is -2.07. The van der Waals surface area contributed by atoms with Crippen molar-refractivity contribution in [1.82, 2.24) is 9.97 Å². The SMILES string of the molecule is Cc1ccccc1CCC(=O)Nc1ncnc(Cl)c1Cl. The highest BCUT2D eigenvalue weighted by Gasteiger charge is 2.11. The molecule has 0 aliphatic heterocycles. The quantitative estimate of drug-likeness (QED) is 0.877. The topological polar surface area (TPSA) is 54.9 Å². The number of hydrogen-bond donors (Lipinski definition) is 1. The Morgan fingerprint density at radius 1 is 1.25 bits per heavy atom. The van der Waals surface area contributed by atoms with Gasteiger partial charge in [-0.1, -0.05) is 47.5 Å². The van der Waals surface area contributed by atoms with Gasteiger partial charge in [0, 0.05) is 6.42 Å². The standard InChI is InChI=1S/C14H13Cl2N3O/c1-9-4-2-3-5-10(9)6-7-11(20)19-14-12(15)13(16)17-8-18-14/h2-5,8H,6-7H2,1H3,(H,17,18,19,20). The molecule has 0 saturated carbocycles. The molecule has 1 heterocycles. The maximum atomic E-state index is 11.9. The molecule has 4 nitrogen and oxygen atoms in total. The summed E-state index contributed by atoms with van der Waals surface area (Å²) in [4.78, 5) is 19.5. The summed E-state index contributed by atoms with van der Waals surface area (Å²) in [5, 5.41) is 2.91. The number of hydrogen-bond acceptors (Lipinski definition) is 3. The summed E-state index contributed by atoms with van der Waals surface area (Å²) in [7, 11) is 0. The average molecular weight is 310 g/mol. The van der Waals surface area contributed by atoms with E-state index in [1.54, 1.807) is 0 Å². The fourth-order valence-corrected chi connectivity index (χ4v) is 2.05. The lowest BCUT2D eigenvalue weighted by atomic mass is 10.0. The lowest BCUT2D eigenvalue weighted by Crippen LogP contribution is -2.14. The summed E-state index contributed by atoms with van der Waals surface area (Å²) in [6, 6.07) is 7.97. The van der Waals surface area contributed by atoms with Crippen molar-refractivity contribution in [3.63, 3.8) is 0 Å². The summed E-state index contributed by atoms with van der Waals surface area (Å²) in [5.41, 5.74) is 2.32. The molecule has 104 valence electrons. The molecule has 0 saturated heterocycles. The van der Waals surface area contributed by atoms with Gasteiger partial charge in [0.2, 0.25) is 5.91 Å². The third-order valence-corrected chi connectivity index (χ3v) is 3.63. The van der Waals surface area contributed by atoms with Crippen LogP contribution in [0, 0.1) is 6.92 Å². The Morgan fingerprint density at radius 2 is 2.00 bits per heavy atom. The van der Waals surface area contributed by atoms with E-state index in [0.717, 1.165) is 5.56 Å². The minimum atomic E-state index is -0.162. The normalized spacial score (nSPS) is 10.3. The van der Waals surface area contributed by atoms with Crippen molar-refractivity contribution in [2.45, 2.75) is 19.8 Å². The molecule has 0 bridgehead atoms. The first-order valence-corrected chi connectivity index (χ1v) is 6.84. The molecule has 1 aromatic heterocycles. The molecule has 0 atom stereocenters. The Hall–Kier alpha value is -1.65. The van der Waals surface area contributed by atoms with Crippen LogP contribution in [0.3, 0.4) is 0 Å². The molecular weight excluding hydrogens is 297 g/mol. The Morgan fingerprint density at radius 3 is 2.75 bits per heavy atom. The van der Waals surface area contributed by atoms with Crippen molar-refractivity contribution < 1.29 is 4.79 Å². The number of rotatable bonds is 4. The van der Waals surface area contributed by atoms with E-state index in [2.05, 4.69) is 15.3 Å². The fourth-order valence-electron chi connectivity index (χ4n) is 1.77. The van der Waals surface area contributed by atoms with E-state index in [1.807, 2.05) is 31.2 Å². The van der Waals surface area contributed by atoms with Gasteiger partial charge in [-0.25, -0.2) is 9.97 Å². The molecule has 0 spiro atoms. The predicted molar refractivity (Wildman–Crippen MR) is 80.2 cm³/mol. The zero-order chi connectivity index (χ0) is 14.5. The molecule has 20 heavy (non-hydrogen) atoms. The van der Waals surface area contributed by atoms with Crippen LogP contribution in [0.2, 0.25) is 10.2 Å². The number of anilines is 1. The number of nitrogens with one attached hydrogen (secondary N) is 1. The number of carbonyl (C=O) groups excluding carboxylic acids is 1. The number of aryl methyl sites for hydroxylation is 2. The number of nitrogens with zero attached hydrogens (tertiary/aromatic N) is 2. The zero-order valence-electron chi connectivity index (χ0n) is 10.9. The van der Waals surface area contributed by atoms with E-state index in [9.17, 15) is 4.79 Å². The zero-order valence-corrected chi connectivity index (χ0v) is 12.4. The molecule has 6 heteroatoms. The van der Waals surface area contributed by atoms with E-state index < -0.39 is 0 Å². The number of amides is 1. The van der Waals surface area contributed by atoms with E-state index in [4.69, 9.17) is 23.2 Å². The first-order chi connectivity index (χ1) is 9.58. The van der Waals surface area contributed by atoms with Crippen LogP contribution < -0.4 is 5.32 Å². The predicted octanol–water partition coefficient (Wildman–Crippen LogP) is 3.66. The Kier molecular flexibility index (Phi) is 4.93. The van der Waals surface area contributed by atoms with Crippen LogP contribution in [0.1, 0.15) is 17.5 Å². The summed E-state index contributed by atoms with van der Waals surface area (Å²) >= 11 is 11.7. The van der Waals surface area contributed by atoms with Gasteiger partial charge in [0.15, 0.2) is 11.0 Å². The van der Waals surface area contributed by atoms with E-state index in [1.165, 1.54) is 11.9 Å². The Labute approximate surface area is 127 Å². The molecule has 0 radical (unpaired) electrons. The van der Waals surface area contributed by atoms with Crippen LogP contribution >= 0.6 is 23.2 Å². The minimum Gasteiger partial charge on any atom is -0.309 e. The molecular formula is C14H13Cl2N3O. The van der Waals surface area contributed by atoms with Gasteiger partial charge in [0.05, 0.1) is 0 Å². The van der Waals surface area contributed by atoms with Crippen molar-refractivity contribution in [1.29, 1.82) is 0 Å². The van der Waals surface area contributed by atoms with Crippen molar-refractivity contribution in [2.24, 2.45) is 0 Å². The highest BCUT2D eigenvalue weighted by atomic mass is 35.5. The second-order valence-electron chi connectivity index (χ2n) is 4.30. The maximum absolute atomic E-state index is 11.9.